The van der Waals surface area contributed by atoms with Crippen LogP contribution in [0.3, 0.4) is 0 Å². The highest BCUT2D eigenvalue weighted by molar-refractivity contribution is 7.15. The van der Waals surface area contributed by atoms with Gasteiger partial charge in [0.25, 0.3) is 0 Å². The number of carbonyl (C=O) groups excluding carboxylic acids is 1. The lowest BCUT2D eigenvalue weighted by atomic mass is 10.0. The molecule has 0 bridgehead atoms. The smallest absolute Gasteiger partial charge is 0.241 e. The Balaban J connectivity index is 1.75. The highest BCUT2D eigenvalue weighted by atomic mass is 32.1. The van der Waals surface area contributed by atoms with Gasteiger partial charge in [0, 0.05) is 29.0 Å². The van der Waals surface area contributed by atoms with Crippen molar-refractivity contribution in [1.29, 1.82) is 0 Å². The van der Waals surface area contributed by atoms with Crippen molar-refractivity contribution < 1.29 is 4.79 Å². The number of nitrogens with two attached hydrogens (primary N) is 1. The Kier molecular flexibility index (Phi) is 3.96. The molecule has 0 aliphatic heterocycles. The van der Waals surface area contributed by atoms with Crippen LogP contribution in [0, 0.1) is 5.92 Å². The van der Waals surface area contributed by atoms with E-state index in [1.165, 1.54) is 0 Å². The lowest BCUT2D eigenvalue weighted by Crippen LogP contribution is -2.39. The summed E-state index contributed by atoms with van der Waals surface area (Å²) in [5.74, 6) is -0.0528. The molecule has 3 aromatic rings. The Labute approximate surface area is 132 Å². The van der Waals surface area contributed by atoms with Crippen molar-refractivity contribution >= 4 is 27.9 Å². The van der Waals surface area contributed by atoms with E-state index >= 15 is 0 Å². The third-order valence-electron chi connectivity index (χ3n) is 3.56. The fourth-order valence-corrected chi connectivity index (χ4v) is 2.82. The number of aromatic nitrogens is 2. The zero-order valence-corrected chi connectivity index (χ0v) is 13.3. The SMILES string of the molecule is CC(C)[C@@H](N)C(=O)Nc1ccc(-c2cn3ccsc3n2)cc1. The molecule has 114 valence electrons. The molecule has 2 heterocycles. The summed E-state index contributed by atoms with van der Waals surface area (Å²) in [6.45, 7) is 3.86. The van der Waals surface area contributed by atoms with Crippen molar-refractivity contribution in [3.8, 4) is 11.3 Å². The number of carbonyl (C=O) groups is 1. The van der Waals surface area contributed by atoms with Gasteiger partial charge in [-0.1, -0.05) is 26.0 Å². The highest BCUT2D eigenvalue weighted by Crippen LogP contribution is 2.23. The van der Waals surface area contributed by atoms with Gasteiger partial charge in [-0.05, 0) is 18.1 Å². The highest BCUT2D eigenvalue weighted by Gasteiger charge is 2.17. The van der Waals surface area contributed by atoms with Gasteiger partial charge in [0.15, 0.2) is 4.96 Å². The van der Waals surface area contributed by atoms with Gasteiger partial charge >= 0.3 is 0 Å². The van der Waals surface area contributed by atoms with E-state index in [4.69, 9.17) is 5.73 Å². The van der Waals surface area contributed by atoms with Gasteiger partial charge in [-0.25, -0.2) is 4.98 Å². The molecule has 0 fully saturated rings. The van der Waals surface area contributed by atoms with Gasteiger partial charge in [-0.2, -0.15) is 0 Å². The van der Waals surface area contributed by atoms with E-state index in [1.807, 2.05) is 60.3 Å². The third kappa shape index (κ3) is 2.88. The number of benzene rings is 1. The van der Waals surface area contributed by atoms with Gasteiger partial charge in [-0.3, -0.25) is 9.20 Å². The van der Waals surface area contributed by atoms with Crippen LogP contribution in [0.15, 0.2) is 42.0 Å². The summed E-state index contributed by atoms with van der Waals surface area (Å²) in [6, 6.07) is 7.13. The van der Waals surface area contributed by atoms with E-state index in [2.05, 4.69) is 10.3 Å². The Morgan fingerprint density at radius 2 is 2.05 bits per heavy atom. The molecule has 0 saturated heterocycles. The minimum atomic E-state index is -0.500. The number of hydrogen-bond acceptors (Lipinski definition) is 4. The largest absolute Gasteiger partial charge is 0.325 e. The molecule has 1 aromatic carbocycles. The van der Waals surface area contributed by atoms with Crippen LogP contribution >= 0.6 is 11.3 Å². The minimum absolute atomic E-state index is 0.109. The van der Waals surface area contributed by atoms with Crippen molar-refractivity contribution in [1.82, 2.24) is 9.38 Å². The maximum absolute atomic E-state index is 11.9. The van der Waals surface area contributed by atoms with Gasteiger partial charge in [0.1, 0.15) is 0 Å². The Hall–Kier alpha value is -2.18. The molecule has 22 heavy (non-hydrogen) atoms. The molecule has 2 aromatic heterocycles. The lowest BCUT2D eigenvalue weighted by Gasteiger charge is -2.15. The Morgan fingerprint density at radius 3 is 2.68 bits per heavy atom. The molecule has 6 heteroatoms. The minimum Gasteiger partial charge on any atom is -0.325 e. The van der Waals surface area contributed by atoms with Crippen LogP contribution in [0.1, 0.15) is 13.8 Å². The van der Waals surface area contributed by atoms with Crippen LogP contribution in [0.4, 0.5) is 5.69 Å². The van der Waals surface area contributed by atoms with Crippen LogP contribution in [-0.4, -0.2) is 21.3 Å². The molecule has 5 nitrogen and oxygen atoms in total. The van der Waals surface area contributed by atoms with E-state index in [9.17, 15) is 4.79 Å². The summed E-state index contributed by atoms with van der Waals surface area (Å²) in [5.41, 5.74) is 8.51. The second kappa shape index (κ2) is 5.90. The average Bonchev–Trinajstić information content (AvgIpc) is 3.08. The van der Waals surface area contributed by atoms with E-state index in [1.54, 1.807) is 11.3 Å². The van der Waals surface area contributed by atoms with Crippen molar-refractivity contribution in [2.24, 2.45) is 11.7 Å². The molecule has 0 radical (unpaired) electrons. The van der Waals surface area contributed by atoms with Crippen molar-refractivity contribution in [3.05, 3.63) is 42.0 Å². The zero-order chi connectivity index (χ0) is 15.7. The standard InChI is InChI=1S/C16H18N4OS/c1-10(2)14(17)15(21)18-12-5-3-11(4-6-12)13-9-20-7-8-22-16(20)19-13/h3-10,14H,17H2,1-2H3,(H,18,21)/t14-/m1/s1. The quantitative estimate of drug-likeness (QED) is 0.777. The lowest BCUT2D eigenvalue weighted by molar-refractivity contribution is -0.118. The van der Waals surface area contributed by atoms with Gasteiger partial charge in [-0.15, -0.1) is 11.3 Å². The topological polar surface area (TPSA) is 72.4 Å². The normalized spacial score (nSPS) is 12.7. The van der Waals surface area contributed by atoms with E-state index in [0.717, 1.165) is 21.9 Å². The predicted molar refractivity (Wildman–Crippen MR) is 89.9 cm³/mol. The first kappa shape index (κ1) is 14.7. The monoisotopic (exact) mass is 314 g/mol. The van der Waals surface area contributed by atoms with Crippen LogP contribution in [0.25, 0.3) is 16.2 Å². The predicted octanol–water partition coefficient (Wildman–Crippen LogP) is 2.98. The van der Waals surface area contributed by atoms with Crippen LogP contribution < -0.4 is 11.1 Å². The number of thiazole rings is 1. The summed E-state index contributed by atoms with van der Waals surface area (Å²) < 4.78 is 2.00. The molecule has 0 spiro atoms. The van der Waals surface area contributed by atoms with E-state index in [0.29, 0.717) is 0 Å². The molecule has 1 amide bonds. The fraction of sp³-hybridized carbons (Fsp3) is 0.250. The average molecular weight is 314 g/mol. The summed E-state index contributed by atoms with van der Waals surface area (Å²) in [6.07, 6.45) is 3.98. The molecule has 1 atom stereocenters. The number of nitrogens with one attached hydrogen (secondary N) is 1. The first-order valence-corrected chi connectivity index (χ1v) is 8.01. The summed E-state index contributed by atoms with van der Waals surface area (Å²) >= 11 is 1.60. The number of fused-ring (bicyclic) bond motifs is 1. The number of anilines is 1. The number of imidazole rings is 1. The molecule has 0 aliphatic rings. The number of rotatable bonds is 4. The number of hydrogen-bond donors (Lipinski definition) is 2. The van der Waals surface area contributed by atoms with Gasteiger partial charge in [0.2, 0.25) is 5.91 Å². The summed E-state index contributed by atoms with van der Waals surface area (Å²) in [7, 11) is 0. The van der Waals surface area contributed by atoms with Crippen molar-refractivity contribution in [2.75, 3.05) is 5.32 Å². The first-order valence-electron chi connectivity index (χ1n) is 7.13. The summed E-state index contributed by atoms with van der Waals surface area (Å²) in [5, 5.41) is 4.84. The Morgan fingerprint density at radius 1 is 1.32 bits per heavy atom. The summed E-state index contributed by atoms with van der Waals surface area (Å²) in [4.78, 5) is 17.5. The van der Waals surface area contributed by atoms with Crippen LogP contribution in [0.2, 0.25) is 0 Å². The molecule has 0 unspecified atom stereocenters. The molecule has 0 saturated carbocycles. The van der Waals surface area contributed by atoms with E-state index < -0.39 is 6.04 Å². The number of amides is 1. The molecule has 3 N–H and O–H groups in total. The Bertz CT molecular complexity index is 759. The maximum atomic E-state index is 11.9. The maximum Gasteiger partial charge on any atom is 0.241 e. The molecular weight excluding hydrogens is 296 g/mol. The molecular formula is C16H18N4OS. The molecule has 3 rings (SSSR count). The van der Waals surface area contributed by atoms with Gasteiger partial charge in [0.05, 0.1) is 11.7 Å². The number of nitrogens with zero attached hydrogens (tertiary/aromatic N) is 2. The molecule has 0 aliphatic carbocycles. The van der Waals surface area contributed by atoms with E-state index in [-0.39, 0.29) is 11.8 Å². The van der Waals surface area contributed by atoms with Crippen molar-refractivity contribution in [3.63, 3.8) is 0 Å². The van der Waals surface area contributed by atoms with Crippen LogP contribution in [-0.2, 0) is 4.79 Å². The fourth-order valence-electron chi connectivity index (χ4n) is 2.12. The van der Waals surface area contributed by atoms with Gasteiger partial charge < -0.3 is 11.1 Å². The van der Waals surface area contributed by atoms with Crippen LogP contribution in [0.5, 0.6) is 0 Å². The second-order valence-corrected chi connectivity index (χ2v) is 6.43. The van der Waals surface area contributed by atoms with Crippen molar-refractivity contribution in [2.45, 2.75) is 19.9 Å². The second-order valence-electron chi connectivity index (χ2n) is 5.56. The zero-order valence-electron chi connectivity index (χ0n) is 12.5. The first-order chi connectivity index (χ1) is 10.5. The third-order valence-corrected chi connectivity index (χ3v) is 4.33.